The summed E-state index contributed by atoms with van der Waals surface area (Å²) in [5.41, 5.74) is 0. The zero-order valence-electron chi connectivity index (χ0n) is 11.3. The summed E-state index contributed by atoms with van der Waals surface area (Å²) in [5, 5.41) is 3.07. The summed E-state index contributed by atoms with van der Waals surface area (Å²) in [6, 6.07) is 0.262. The van der Waals surface area contributed by atoms with Gasteiger partial charge in [0.25, 0.3) is 0 Å². The maximum Gasteiger partial charge on any atom is 0.217 e. The molecule has 2 atom stereocenters. The van der Waals surface area contributed by atoms with Crippen LogP contribution in [0.15, 0.2) is 12.4 Å². The van der Waals surface area contributed by atoms with E-state index in [4.69, 9.17) is 0 Å². The average molecular weight is 250 g/mol. The van der Waals surface area contributed by atoms with Gasteiger partial charge in [0, 0.05) is 38.4 Å². The van der Waals surface area contributed by atoms with Crippen LogP contribution in [0.25, 0.3) is 0 Å². The van der Waals surface area contributed by atoms with Crippen LogP contribution < -0.4 is 5.32 Å². The minimum absolute atomic E-state index is 0.0606. The van der Waals surface area contributed by atoms with Crippen LogP contribution in [0.1, 0.15) is 26.6 Å². The minimum Gasteiger partial charge on any atom is -0.352 e. The lowest BCUT2D eigenvalue weighted by Crippen LogP contribution is -2.40. The second-order valence-corrected chi connectivity index (χ2v) is 5.44. The molecule has 1 amide bonds. The normalized spacial score (nSPS) is 24.7. The highest BCUT2D eigenvalue weighted by Gasteiger charge is 2.35. The Labute approximate surface area is 108 Å². The first-order chi connectivity index (χ1) is 8.56. The highest BCUT2D eigenvalue weighted by molar-refractivity contribution is 5.73. The summed E-state index contributed by atoms with van der Waals surface area (Å²) in [6.07, 6.45) is 3.62. The van der Waals surface area contributed by atoms with Gasteiger partial charge in [-0.25, -0.2) is 4.98 Å². The highest BCUT2D eigenvalue weighted by Crippen LogP contribution is 2.25. The molecule has 1 aromatic rings. The van der Waals surface area contributed by atoms with Crippen molar-refractivity contribution in [2.45, 2.75) is 33.4 Å². The number of hydrogen-bond acceptors (Lipinski definition) is 3. The standard InChI is InChI=1S/C13H22N4O/c1-9(2)11-6-17(7-12(11)16-10(3)18)8-13-14-4-5-15-13/h4-5,9,11-12H,6-8H2,1-3H3,(H,14,15)(H,16,18)/t11-,12+/m0/s1. The second kappa shape index (κ2) is 5.52. The number of aromatic nitrogens is 2. The maximum absolute atomic E-state index is 11.2. The van der Waals surface area contributed by atoms with E-state index in [0.29, 0.717) is 11.8 Å². The lowest BCUT2D eigenvalue weighted by Gasteiger charge is -2.22. The molecule has 18 heavy (non-hydrogen) atoms. The van der Waals surface area contributed by atoms with Gasteiger partial charge in [0.05, 0.1) is 6.54 Å². The third-order valence-electron chi connectivity index (χ3n) is 3.61. The van der Waals surface area contributed by atoms with Crippen molar-refractivity contribution in [1.29, 1.82) is 0 Å². The molecule has 1 aromatic heterocycles. The molecule has 100 valence electrons. The summed E-state index contributed by atoms with van der Waals surface area (Å²) in [5.74, 6) is 2.14. The van der Waals surface area contributed by atoms with Crippen LogP contribution in [0, 0.1) is 11.8 Å². The average Bonchev–Trinajstić information content (AvgIpc) is 2.87. The van der Waals surface area contributed by atoms with Crippen molar-refractivity contribution < 1.29 is 4.79 Å². The van der Waals surface area contributed by atoms with E-state index in [1.54, 1.807) is 13.1 Å². The lowest BCUT2D eigenvalue weighted by molar-refractivity contribution is -0.119. The molecule has 2 N–H and O–H groups in total. The van der Waals surface area contributed by atoms with Crippen LogP contribution in [0.5, 0.6) is 0 Å². The minimum atomic E-state index is 0.0606. The van der Waals surface area contributed by atoms with E-state index in [1.165, 1.54) is 0 Å². The molecule has 1 aliphatic rings. The summed E-state index contributed by atoms with van der Waals surface area (Å²) in [4.78, 5) is 21.0. The molecule has 0 spiro atoms. The molecular formula is C13H22N4O. The number of hydrogen-bond donors (Lipinski definition) is 2. The van der Waals surface area contributed by atoms with E-state index in [1.807, 2.05) is 6.20 Å². The Balaban J connectivity index is 1.97. The van der Waals surface area contributed by atoms with Crippen molar-refractivity contribution >= 4 is 5.91 Å². The van der Waals surface area contributed by atoms with Crippen molar-refractivity contribution in [2.24, 2.45) is 11.8 Å². The molecule has 0 bridgehead atoms. The SMILES string of the molecule is CC(=O)N[C@@H]1CN(Cc2ncc[nH]2)C[C@H]1C(C)C. The highest BCUT2D eigenvalue weighted by atomic mass is 16.1. The molecule has 1 fully saturated rings. The smallest absolute Gasteiger partial charge is 0.217 e. The largest absolute Gasteiger partial charge is 0.352 e. The number of likely N-dealkylation sites (tertiary alicyclic amines) is 1. The van der Waals surface area contributed by atoms with Crippen molar-refractivity contribution in [3.8, 4) is 0 Å². The maximum atomic E-state index is 11.2. The predicted octanol–water partition coefficient (Wildman–Crippen LogP) is 1.00. The van der Waals surface area contributed by atoms with E-state index >= 15 is 0 Å². The first-order valence-corrected chi connectivity index (χ1v) is 6.54. The fourth-order valence-corrected chi connectivity index (χ4v) is 2.73. The molecule has 0 saturated carbocycles. The number of imidazole rings is 1. The van der Waals surface area contributed by atoms with E-state index in [0.717, 1.165) is 25.5 Å². The molecule has 1 saturated heterocycles. The Hall–Kier alpha value is -1.36. The first kappa shape index (κ1) is 13.1. The predicted molar refractivity (Wildman–Crippen MR) is 69.8 cm³/mol. The van der Waals surface area contributed by atoms with Gasteiger partial charge in [-0.1, -0.05) is 13.8 Å². The number of rotatable bonds is 4. The van der Waals surface area contributed by atoms with Gasteiger partial charge in [-0.05, 0) is 11.8 Å². The van der Waals surface area contributed by atoms with Crippen LogP contribution in [-0.2, 0) is 11.3 Å². The molecule has 2 heterocycles. The monoisotopic (exact) mass is 250 g/mol. The van der Waals surface area contributed by atoms with Gasteiger partial charge in [-0.3, -0.25) is 9.69 Å². The molecule has 0 aromatic carbocycles. The van der Waals surface area contributed by atoms with E-state index < -0.39 is 0 Å². The van der Waals surface area contributed by atoms with Crippen LogP contribution in [0.2, 0.25) is 0 Å². The van der Waals surface area contributed by atoms with Crippen LogP contribution in [0.4, 0.5) is 0 Å². The van der Waals surface area contributed by atoms with Crippen molar-refractivity contribution in [3.05, 3.63) is 18.2 Å². The molecule has 2 rings (SSSR count). The zero-order valence-corrected chi connectivity index (χ0v) is 11.3. The van der Waals surface area contributed by atoms with Crippen LogP contribution in [-0.4, -0.2) is 39.9 Å². The van der Waals surface area contributed by atoms with Gasteiger partial charge >= 0.3 is 0 Å². The number of amides is 1. The number of carbonyl (C=O) groups excluding carboxylic acids is 1. The van der Waals surface area contributed by atoms with Gasteiger partial charge in [0.15, 0.2) is 0 Å². The van der Waals surface area contributed by atoms with Gasteiger partial charge in [0.1, 0.15) is 5.82 Å². The Morgan fingerprint density at radius 1 is 1.61 bits per heavy atom. The third kappa shape index (κ3) is 3.10. The quantitative estimate of drug-likeness (QED) is 0.838. The Morgan fingerprint density at radius 3 is 2.94 bits per heavy atom. The van der Waals surface area contributed by atoms with Crippen molar-refractivity contribution in [3.63, 3.8) is 0 Å². The van der Waals surface area contributed by atoms with Crippen molar-refractivity contribution in [2.75, 3.05) is 13.1 Å². The number of H-pyrrole nitrogens is 1. The molecule has 0 radical (unpaired) electrons. The molecule has 5 nitrogen and oxygen atoms in total. The van der Waals surface area contributed by atoms with Crippen LogP contribution >= 0.6 is 0 Å². The van der Waals surface area contributed by atoms with Gasteiger partial charge < -0.3 is 10.3 Å². The Morgan fingerprint density at radius 2 is 2.39 bits per heavy atom. The van der Waals surface area contributed by atoms with Gasteiger partial charge in [0.2, 0.25) is 5.91 Å². The number of nitrogens with one attached hydrogen (secondary N) is 2. The Bertz CT molecular complexity index is 388. The third-order valence-corrected chi connectivity index (χ3v) is 3.61. The summed E-state index contributed by atoms with van der Waals surface area (Å²) >= 11 is 0. The van der Waals surface area contributed by atoms with Gasteiger partial charge in [-0.15, -0.1) is 0 Å². The molecule has 1 aliphatic heterocycles. The first-order valence-electron chi connectivity index (χ1n) is 6.54. The van der Waals surface area contributed by atoms with E-state index in [-0.39, 0.29) is 11.9 Å². The number of carbonyl (C=O) groups is 1. The van der Waals surface area contributed by atoms with Crippen molar-refractivity contribution in [1.82, 2.24) is 20.2 Å². The van der Waals surface area contributed by atoms with Gasteiger partial charge in [-0.2, -0.15) is 0 Å². The molecule has 0 aliphatic carbocycles. The number of aromatic amines is 1. The summed E-state index contributed by atoms with van der Waals surface area (Å²) in [7, 11) is 0. The van der Waals surface area contributed by atoms with E-state index in [2.05, 4.69) is 34.0 Å². The topological polar surface area (TPSA) is 61.0 Å². The molecule has 5 heteroatoms. The lowest BCUT2D eigenvalue weighted by atomic mass is 9.91. The molecular weight excluding hydrogens is 228 g/mol. The fourth-order valence-electron chi connectivity index (χ4n) is 2.73. The number of nitrogens with zero attached hydrogens (tertiary/aromatic N) is 2. The summed E-state index contributed by atoms with van der Waals surface area (Å²) in [6.45, 7) is 8.77. The zero-order chi connectivity index (χ0) is 13.1. The van der Waals surface area contributed by atoms with E-state index in [9.17, 15) is 4.79 Å². The molecule has 0 unspecified atom stereocenters. The van der Waals surface area contributed by atoms with Crippen LogP contribution in [0.3, 0.4) is 0 Å². The second-order valence-electron chi connectivity index (χ2n) is 5.44. The Kier molecular flexibility index (Phi) is 4.01. The fraction of sp³-hybridized carbons (Fsp3) is 0.692. The summed E-state index contributed by atoms with van der Waals surface area (Å²) < 4.78 is 0.